The van der Waals surface area contributed by atoms with Crippen LogP contribution < -0.4 is 5.32 Å². The summed E-state index contributed by atoms with van der Waals surface area (Å²) in [5.74, 6) is -0.709. The Morgan fingerprint density at radius 2 is 1.93 bits per heavy atom. The standard InChI is InChI=1S/C19H21ClN2O5S2/c1-3-26-18(24)16-12-7-8-22(19(25)27-4-2)10-13(12)29-17(16)21-15(23)9-11-5-6-14(20)28-11/h5-6H,3-4,7-10H2,1-2H3,(H,21,23). The first-order valence-electron chi connectivity index (χ1n) is 9.20. The molecule has 0 bridgehead atoms. The zero-order valence-corrected chi connectivity index (χ0v) is 18.5. The summed E-state index contributed by atoms with van der Waals surface area (Å²) >= 11 is 8.55. The predicted molar refractivity (Wildman–Crippen MR) is 113 cm³/mol. The molecule has 0 aromatic carbocycles. The SMILES string of the molecule is CCOC(=O)c1c(NC(=O)Cc2ccc(Cl)s2)sc2c1CCN(C(=O)OCC)C2. The molecule has 10 heteroatoms. The fourth-order valence-electron chi connectivity index (χ4n) is 3.06. The third-order valence-electron chi connectivity index (χ3n) is 4.28. The van der Waals surface area contributed by atoms with Gasteiger partial charge in [-0.1, -0.05) is 11.6 Å². The number of halogens is 1. The van der Waals surface area contributed by atoms with Gasteiger partial charge in [0.2, 0.25) is 5.91 Å². The average Bonchev–Trinajstić information content (AvgIpc) is 3.23. The molecule has 29 heavy (non-hydrogen) atoms. The maximum absolute atomic E-state index is 12.6. The number of carbonyl (C=O) groups is 3. The van der Waals surface area contributed by atoms with E-state index in [1.54, 1.807) is 30.9 Å². The number of amides is 2. The van der Waals surface area contributed by atoms with E-state index in [1.807, 2.05) is 0 Å². The number of thiophene rings is 2. The van der Waals surface area contributed by atoms with Crippen LogP contribution in [0, 0.1) is 0 Å². The van der Waals surface area contributed by atoms with E-state index >= 15 is 0 Å². The number of rotatable bonds is 6. The van der Waals surface area contributed by atoms with E-state index in [4.69, 9.17) is 21.1 Å². The highest BCUT2D eigenvalue weighted by atomic mass is 35.5. The van der Waals surface area contributed by atoms with Crippen molar-refractivity contribution >= 4 is 57.2 Å². The number of carbonyl (C=O) groups excluding carboxylic acids is 3. The molecule has 1 N–H and O–H groups in total. The van der Waals surface area contributed by atoms with Gasteiger partial charge in [-0.15, -0.1) is 22.7 Å². The molecule has 2 aromatic heterocycles. The second kappa shape index (κ2) is 9.60. The topological polar surface area (TPSA) is 84.9 Å². The van der Waals surface area contributed by atoms with E-state index in [9.17, 15) is 14.4 Å². The van der Waals surface area contributed by atoms with Gasteiger partial charge in [-0.05, 0) is 38.0 Å². The van der Waals surface area contributed by atoms with Crippen molar-refractivity contribution in [3.63, 3.8) is 0 Å². The molecule has 0 saturated carbocycles. The van der Waals surface area contributed by atoms with Gasteiger partial charge in [0.25, 0.3) is 0 Å². The molecule has 156 valence electrons. The normalized spacial score (nSPS) is 13.0. The van der Waals surface area contributed by atoms with Gasteiger partial charge in [0.1, 0.15) is 5.00 Å². The summed E-state index contributed by atoms with van der Waals surface area (Å²) < 4.78 is 10.9. The second-order valence-electron chi connectivity index (χ2n) is 6.23. The van der Waals surface area contributed by atoms with Crippen molar-refractivity contribution in [1.29, 1.82) is 0 Å². The average molecular weight is 457 g/mol. The summed E-state index contributed by atoms with van der Waals surface area (Å²) in [7, 11) is 0. The van der Waals surface area contributed by atoms with Crippen LogP contribution in [0.2, 0.25) is 4.34 Å². The van der Waals surface area contributed by atoms with Crippen molar-refractivity contribution in [3.05, 3.63) is 37.4 Å². The van der Waals surface area contributed by atoms with E-state index in [0.29, 0.717) is 41.0 Å². The molecule has 0 radical (unpaired) electrons. The van der Waals surface area contributed by atoms with Crippen LogP contribution in [-0.4, -0.2) is 42.6 Å². The van der Waals surface area contributed by atoms with Crippen LogP contribution in [-0.2, 0) is 33.7 Å². The van der Waals surface area contributed by atoms with Gasteiger partial charge >= 0.3 is 12.1 Å². The van der Waals surface area contributed by atoms with Crippen molar-refractivity contribution in [3.8, 4) is 0 Å². The molecule has 0 unspecified atom stereocenters. The first kappa shape index (κ1) is 21.6. The highest BCUT2D eigenvalue weighted by Gasteiger charge is 2.31. The molecular weight excluding hydrogens is 436 g/mol. The number of esters is 1. The van der Waals surface area contributed by atoms with Crippen LogP contribution in [0.25, 0.3) is 0 Å². The summed E-state index contributed by atoms with van der Waals surface area (Å²) in [6, 6.07) is 3.54. The minimum atomic E-state index is -0.468. The lowest BCUT2D eigenvalue weighted by atomic mass is 10.0. The third-order valence-corrected chi connectivity index (χ3v) is 6.64. The second-order valence-corrected chi connectivity index (χ2v) is 9.13. The van der Waals surface area contributed by atoms with Crippen molar-refractivity contribution < 1.29 is 23.9 Å². The van der Waals surface area contributed by atoms with E-state index in [1.165, 1.54) is 22.7 Å². The summed E-state index contributed by atoms with van der Waals surface area (Å²) in [6.45, 7) is 4.80. The number of ether oxygens (including phenoxy) is 2. The van der Waals surface area contributed by atoms with Crippen molar-refractivity contribution in [1.82, 2.24) is 4.90 Å². The molecule has 0 fully saturated rings. The Hall–Kier alpha value is -2.10. The van der Waals surface area contributed by atoms with Gasteiger partial charge in [0.15, 0.2) is 0 Å². The Bertz CT molecular complexity index is 924. The van der Waals surface area contributed by atoms with Gasteiger partial charge in [-0.3, -0.25) is 4.79 Å². The molecule has 1 aliphatic rings. The maximum atomic E-state index is 12.6. The Morgan fingerprint density at radius 3 is 2.59 bits per heavy atom. The molecule has 3 rings (SSSR count). The number of hydrogen-bond donors (Lipinski definition) is 1. The predicted octanol–water partition coefficient (Wildman–Crippen LogP) is 4.34. The van der Waals surface area contributed by atoms with Gasteiger partial charge < -0.3 is 19.7 Å². The van der Waals surface area contributed by atoms with Crippen LogP contribution in [0.15, 0.2) is 12.1 Å². The Balaban J connectivity index is 1.83. The minimum absolute atomic E-state index is 0.164. The van der Waals surface area contributed by atoms with Crippen LogP contribution in [0.3, 0.4) is 0 Å². The molecule has 0 atom stereocenters. The Labute approximate surface area is 181 Å². The molecular formula is C19H21ClN2O5S2. The van der Waals surface area contributed by atoms with Crippen LogP contribution >= 0.6 is 34.3 Å². The monoisotopic (exact) mass is 456 g/mol. The van der Waals surface area contributed by atoms with E-state index in [2.05, 4.69) is 5.32 Å². The summed E-state index contributed by atoms with van der Waals surface area (Å²) in [6.07, 6.45) is 0.274. The van der Waals surface area contributed by atoms with E-state index in [-0.39, 0.29) is 25.0 Å². The highest BCUT2D eigenvalue weighted by Crippen LogP contribution is 2.38. The number of nitrogens with zero attached hydrogens (tertiary/aromatic N) is 1. The molecule has 2 aromatic rings. The molecule has 0 spiro atoms. The number of nitrogens with one attached hydrogen (secondary N) is 1. The number of hydrogen-bond acceptors (Lipinski definition) is 7. The molecule has 2 amide bonds. The number of fused-ring (bicyclic) bond motifs is 1. The van der Waals surface area contributed by atoms with Gasteiger partial charge in [-0.2, -0.15) is 0 Å². The minimum Gasteiger partial charge on any atom is -0.462 e. The van der Waals surface area contributed by atoms with Crippen molar-refractivity contribution in [2.24, 2.45) is 0 Å². The fraction of sp³-hybridized carbons (Fsp3) is 0.421. The maximum Gasteiger partial charge on any atom is 0.410 e. The zero-order chi connectivity index (χ0) is 21.0. The first-order valence-corrected chi connectivity index (χ1v) is 11.2. The van der Waals surface area contributed by atoms with Crippen LogP contribution in [0.5, 0.6) is 0 Å². The van der Waals surface area contributed by atoms with Crippen molar-refractivity contribution in [2.45, 2.75) is 33.2 Å². The quantitative estimate of drug-likeness (QED) is 0.653. The lowest BCUT2D eigenvalue weighted by molar-refractivity contribution is -0.115. The molecule has 3 heterocycles. The molecule has 7 nitrogen and oxygen atoms in total. The largest absolute Gasteiger partial charge is 0.462 e. The van der Waals surface area contributed by atoms with Gasteiger partial charge in [0.05, 0.1) is 36.1 Å². The smallest absolute Gasteiger partial charge is 0.410 e. The summed E-state index contributed by atoms with van der Waals surface area (Å²) in [5.41, 5.74) is 1.20. The Kier molecular flexibility index (Phi) is 7.15. The van der Waals surface area contributed by atoms with Gasteiger partial charge in [0, 0.05) is 16.3 Å². The third kappa shape index (κ3) is 5.09. The van der Waals surface area contributed by atoms with E-state index < -0.39 is 5.97 Å². The van der Waals surface area contributed by atoms with Crippen molar-refractivity contribution in [2.75, 3.05) is 25.1 Å². The zero-order valence-electron chi connectivity index (χ0n) is 16.1. The highest BCUT2D eigenvalue weighted by molar-refractivity contribution is 7.17. The summed E-state index contributed by atoms with van der Waals surface area (Å²) in [5, 5.41) is 3.29. The first-order chi connectivity index (χ1) is 13.9. The molecule has 1 aliphatic heterocycles. The fourth-order valence-corrected chi connectivity index (χ4v) is 5.41. The molecule has 0 aliphatic carbocycles. The van der Waals surface area contributed by atoms with E-state index in [0.717, 1.165) is 15.3 Å². The number of anilines is 1. The van der Waals surface area contributed by atoms with Crippen LogP contribution in [0.4, 0.5) is 9.80 Å². The Morgan fingerprint density at radius 1 is 1.17 bits per heavy atom. The molecule has 0 saturated heterocycles. The van der Waals surface area contributed by atoms with Crippen LogP contribution in [0.1, 0.15) is 39.5 Å². The lowest BCUT2D eigenvalue weighted by Crippen LogP contribution is -2.36. The summed E-state index contributed by atoms with van der Waals surface area (Å²) in [4.78, 5) is 40.4. The lowest BCUT2D eigenvalue weighted by Gasteiger charge is -2.26. The van der Waals surface area contributed by atoms with Gasteiger partial charge in [-0.25, -0.2) is 9.59 Å².